The first-order chi connectivity index (χ1) is 13.1. The van der Waals surface area contributed by atoms with Crippen molar-refractivity contribution in [3.8, 4) is 17.6 Å². The lowest BCUT2D eigenvalue weighted by molar-refractivity contribution is -0.127. The summed E-state index contributed by atoms with van der Waals surface area (Å²) < 4.78 is 19.1. The van der Waals surface area contributed by atoms with E-state index in [1.165, 1.54) is 18.7 Å². The molecule has 0 spiro atoms. The summed E-state index contributed by atoms with van der Waals surface area (Å²) in [6.07, 6.45) is 0.741. The third kappa shape index (κ3) is 2.83. The molecule has 0 bridgehead atoms. The Labute approximate surface area is 156 Å². The quantitative estimate of drug-likeness (QED) is 0.705. The number of fused-ring (bicyclic) bond motifs is 3. The zero-order chi connectivity index (χ0) is 19.0. The number of para-hydroxylation sites is 1. The second-order valence-corrected chi connectivity index (χ2v) is 6.48. The molecule has 2 aromatic carbocycles. The number of hydrogen-bond donors (Lipinski definition) is 1. The van der Waals surface area contributed by atoms with Crippen molar-refractivity contribution in [1.82, 2.24) is 9.88 Å². The van der Waals surface area contributed by atoms with E-state index in [0.717, 1.165) is 28.6 Å². The van der Waals surface area contributed by atoms with Crippen molar-refractivity contribution in [2.24, 2.45) is 0 Å². The van der Waals surface area contributed by atoms with Crippen molar-refractivity contribution in [3.05, 3.63) is 65.1 Å². The highest BCUT2D eigenvalue weighted by atomic mass is 19.1. The molecule has 4 rings (SSSR count). The third-order valence-corrected chi connectivity index (χ3v) is 5.02. The molecule has 136 valence electrons. The van der Waals surface area contributed by atoms with Gasteiger partial charge >= 0.3 is 0 Å². The van der Waals surface area contributed by atoms with Gasteiger partial charge in [-0.3, -0.25) is 4.79 Å². The lowest BCUT2D eigenvalue weighted by atomic mass is 9.92. The van der Waals surface area contributed by atoms with Crippen LogP contribution in [0.3, 0.4) is 0 Å². The minimum Gasteiger partial charge on any atom is -0.494 e. The monoisotopic (exact) mass is 362 g/mol. The number of aromatic nitrogens is 1. The summed E-state index contributed by atoms with van der Waals surface area (Å²) in [5.74, 6) is 4.81. The van der Waals surface area contributed by atoms with E-state index in [1.807, 2.05) is 18.2 Å². The van der Waals surface area contributed by atoms with Crippen LogP contribution in [0.1, 0.15) is 29.8 Å². The first kappa shape index (κ1) is 17.2. The van der Waals surface area contributed by atoms with Crippen LogP contribution >= 0.6 is 0 Å². The van der Waals surface area contributed by atoms with E-state index in [1.54, 1.807) is 24.0 Å². The second-order valence-electron chi connectivity index (χ2n) is 6.48. The highest BCUT2D eigenvalue weighted by molar-refractivity contribution is 5.95. The summed E-state index contributed by atoms with van der Waals surface area (Å²) in [4.78, 5) is 17.9. The Bertz CT molecular complexity index is 1090. The van der Waals surface area contributed by atoms with Crippen LogP contribution in [0, 0.1) is 17.7 Å². The third-order valence-electron chi connectivity index (χ3n) is 5.02. The number of rotatable bonds is 2. The Morgan fingerprint density at radius 1 is 1.30 bits per heavy atom. The Hall–Kier alpha value is -3.26. The van der Waals surface area contributed by atoms with Crippen LogP contribution in [0.4, 0.5) is 4.39 Å². The molecule has 3 aromatic rings. The van der Waals surface area contributed by atoms with Crippen molar-refractivity contribution in [3.63, 3.8) is 0 Å². The number of aromatic amines is 1. The molecule has 0 saturated carbocycles. The molecule has 1 aliphatic heterocycles. The minimum absolute atomic E-state index is 0.157. The van der Waals surface area contributed by atoms with E-state index in [-0.39, 0.29) is 17.7 Å². The van der Waals surface area contributed by atoms with Crippen molar-refractivity contribution in [2.45, 2.75) is 19.4 Å². The van der Waals surface area contributed by atoms with Crippen molar-refractivity contribution in [1.29, 1.82) is 0 Å². The Kier molecular flexibility index (Phi) is 4.33. The number of carbonyl (C=O) groups excluding carboxylic acids is 1. The topological polar surface area (TPSA) is 45.3 Å². The van der Waals surface area contributed by atoms with Crippen LogP contribution in [-0.2, 0) is 11.2 Å². The molecule has 0 fully saturated rings. The normalized spacial score (nSPS) is 15.8. The predicted molar refractivity (Wildman–Crippen MR) is 102 cm³/mol. The molecule has 1 aromatic heterocycles. The van der Waals surface area contributed by atoms with Crippen LogP contribution in [-0.4, -0.2) is 29.4 Å². The lowest BCUT2D eigenvalue weighted by Gasteiger charge is -2.35. The molecule has 1 aliphatic rings. The number of H-pyrrole nitrogens is 1. The number of halogens is 1. The zero-order valence-electron chi connectivity index (χ0n) is 15.2. The summed E-state index contributed by atoms with van der Waals surface area (Å²) in [7, 11) is 1.43. The van der Waals surface area contributed by atoms with Gasteiger partial charge in [-0.05, 0) is 48.6 Å². The maximum absolute atomic E-state index is 13.9. The summed E-state index contributed by atoms with van der Waals surface area (Å²) in [6, 6.07) is 12.4. The molecule has 0 saturated heterocycles. The average molecular weight is 362 g/mol. The average Bonchev–Trinajstić information content (AvgIpc) is 3.06. The highest BCUT2D eigenvalue weighted by Crippen LogP contribution is 2.39. The van der Waals surface area contributed by atoms with E-state index in [4.69, 9.17) is 4.74 Å². The highest BCUT2D eigenvalue weighted by Gasteiger charge is 2.34. The van der Waals surface area contributed by atoms with Gasteiger partial charge in [0, 0.05) is 23.1 Å². The second kappa shape index (κ2) is 6.81. The fraction of sp³-hybridized carbons (Fsp3) is 0.227. The predicted octanol–water partition coefficient (Wildman–Crippen LogP) is 3.81. The fourth-order valence-electron chi connectivity index (χ4n) is 3.83. The number of hydrogen-bond acceptors (Lipinski definition) is 2. The number of nitrogens with one attached hydrogen (secondary N) is 1. The van der Waals surface area contributed by atoms with Crippen molar-refractivity contribution < 1.29 is 13.9 Å². The van der Waals surface area contributed by atoms with E-state index in [0.29, 0.717) is 6.54 Å². The number of carbonyl (C=O) groups is 1. The molecular weight excluding hydrogens is 343 g/mol. The molecule has 0 unspecified atom stereocenters. The molecule has 1 atom stereocenters. The smallest absolute Gasteiger partial charge is 0.299 e. The molecule has 0 radical (unpaired) electrons. The van der Waals surface area contributed by atoms with Gasteiger partial charge in [-0.2, -0.15) is 0 Å². The minimum atomic E-state index is -0.430. The molecule has 1 N–H and O–H groups in total. The van der Waals surface area contributed by atoms with E-state index in [9.17, 15) is 9.18 Å². The van der Waals surface area contributed by atoms with Crippen LogP contribution in [0.15, 0.2) is 42.5 Å². The largest absolute Gasteiger partial charge is 0.494 e. The van der Waals surface area contributed by atoms with Crippen LogP contribution < -0.4 is 4.74 Å². The number of amides is 1. The van der Waals surface area contributed by atoms with Gasteiger partial charge in [0.25, 0.3) is 5.91 Å². The van der Waals surface area contributed by atoms with Gasteiger partial charge in [-0.1, -0.05) is 30.2 Å². The van der Waals surface area contributed by atoms with Crippen molar-refractivity contribution in [2.75, 3.05) is 13.7 Å². The van der Waals surface area contributed by atoms with E-state index >= 15 is 0 Å². The van der Waals surface area contributed by atoms with Crippen LogP contribution in [0.2, 0.25) is 0 Å². The number of benzene rings is 2. The molecule has 27 heavy (non-hydrogen) atoms. The molecule has 5 heteroatoms. The molecule has 4 nitrogen and oxygen atoms in total. The molecular formula is C22H19FN2O2. The first-order valence-electron chi connectivity index (χ1n) is 8.80. The van der Waals surface area contributed by atoms with Gasteiger partial charge in [0.1, 0.15) is 0 Å². The first-order valence-corrected chi connectivity index (χ1v) is 8.80. The standard InChI is InChI=1S/C22H19FN2O2/c1-3-6-20(26)25-12-11-16-15-7-4-5-8-18(15)24-21(16)22(25)14-9-10-17(23)19(13-14)27-2/h4-5,7-10,13,22,24H,11-12H2,1-2H3/t22-/m1/s1. The van der Waals surface area contributed by atoms with Crippen LogP contribution in [0.25, 0.3) is 10.9 Å². The summed E-state index contributed by atoms with van der Waals surface area (Å²) in [6.45, 7) is 2.19. The Morgan fingerprint density at radius 3 is 2.89 bits per heavy atom. The number of ether oxygens (including phenoxy) is 1. The van der Waals surface area contributed by atoms with Gasteiger partial charge in [0.05, 0.1) is 13.2 Å². The van der Waals surface area contributed by atoms with Gasteiger partial charge < -0.3 is 14.6 Å². The Morgan fingerprint density at radius 2 is 2.11 bits per heavy atom. The zero-order valence-corrected chi connectivity index (χ0v) is 15.2. The van der Waals surface area contributed by atoms with E-state index < -0.39 is 5.82 Å². The number of nitrogens with zero attached hydrogens (tertiary/aromatic N) is 1. The summed E-state index contributed by atoms with van der Waals surface area (Å²) >= 11 is 0. The Balaban J connectivity index is 1.92. The van der Waals surface area contributed by atoms with Gasteiger partial charge in [-0.15, -0.1) is 0 Å². The van der Waals surface area contributed by atoms with Gasteiger partial charge in [0.2, 0.25) is 0 Å². The molecule has 1 amide bonds. The summed E-state index contributed by atoms with van der Waals surface area (Å²) in [5, 5.41) is 1.15. The number of methoxy groups -OCH3 is 1. The van der Waals surface area contributed by atoms with Crippen LogP contribution in [0.5, 0.6) is 5.75 Å². The molecule has 0 aliphatic carbocycles. The maximum Gasteiger partial charge on any atom is 0.299 e. The van der Waals surface area contributed by atoms with Crippen molar-refractivity contribution >= 4 is 16.8 Å². The maximum atomic E-state index is 13.9. The summed E-state index contributed by atoms with van der Waals surface area (Å²) in [5.41, 5.74) is 3.94. The molecule has 2 heterocycles. The van der Waals surface area contributed by atoms with Gasteiger partial charge in [0.15, 0.2) is 11.6 Å². The SMILES string of the molecule is CC#CC(=O)N1CCc2c([nH]c3ccccc23)[C@H]1c1ccc(F)c(OC)c1. The van der Waals surface area contributed by atoms with Gasteiger partial charge in [-0.25, -0.2) is 4.39 Å². The fourth-order valence-corrected chi connectivity index (χ4v) is 3.83. The van der Waals surface area contributed by atoms with E-state index in [2.05, 4.69) is 22.9 Å². The lowest BCUT2D eigenvalue weighted by Crippen LogP contribution is -2.40.